The van der Waals surface area contributed by atoms with Crippen LogP contribution in [0.3, 0.4) is 0 Å². The van der Waals surface area contributed by atoms with Gasteiger partial charge in [-0.3, -0.25) is 15.3 Å². The molecule has 5 heteroatoms. The summed E-state index contributed by atoms with van der Waals surface area (Å²) >= 11 is 0. The fourth-order valence-electron chi connectivity index (χ4n) is 2.52. The molecule has 1 atom stereocenters. The zero-order valence-electron chi connectivity index (χ0n) is 11.2. The Hall–Kier alpha value is -1.98. The van der Waals surface area contributed by atoms with E-state index >= 15 is 0 Å². The zero-order valence-corrected chi connectivity index (χ0v) is 11.2. The normalized spacial score (nSPS) is 20.1. The van der Waals surface area contributed by atoms with Crippen LogP contribution in [-0.2, 0) is 11.3 Å². The predicted molar refractivity (Wildman–Crippen MR) is 78.7 cm³/mol. The van der Waals surface area contributed by atoms with Gasteiger partial charge in [0.15, 0.2) is 0 Å². The third-order valence-corrected chi connectivity index (χ3v) is 3.57. The Morgan fingerprint density at radius 2 is 2.35 bits per heavy atom. The molecule has 0 saturated carbocycles. The van der Waals surface area contributed by atoms with Crippen molar-refractivity contribution in [2.45, 2.75) is 12.6 Å². The first-order chi connectivity index (χ1) is 9.72. The number of aromatic nitrogens is 1. The Kier molecular flexibility index (Phi) is 3.62. The number of fused-ring (bicyclic) bond motifs is 1. The van der Waals surface area contributed by atoms with Crippen molar-refractivity contribution in [1.29, 1.82) is 5.41 Å². The molecule has 1 unspecified atom stereocenters. The van der Waals surface area contributed by atoms with Crippen molar-refractivity contribution in [1.82, 2.24) is 9.88 Å². The van der Waals surface area contributed by atoms with Crippen LogP contribution >= 0.6 is 0 Å². The maximum atomic E-state index is 7.48. The molecule has 0 bridgehead atoms. The van der Waals surface area contributed by atoms with Gasteiger partial charge in [0, 0.05) is 31.2 Å². The summed E-state index contributed by atoms with van der Waals surface area (Å²) in [6.07, 6.45) is 1.53. The largest absolute Gasteiger partial charge is 0.385 e. The quantitative estimate of drug-likeness (QED) is 0.652. The molecule has 3 N–H and O–H groups in total. The lowest BCUT2D eigenvalue weighted by atomic mass is 10.1. The van der Waals surface area contributed by atoms with E-state index in [9.17, 15) is 0 Å². The molecule has 1 fully saturated rings. The highest BCUT2D eigenvalue weighted by atomic mass is 16.5. The van der Waals surface area contributed by atoms with Crippen molar-refractivity contribution in [2.24, 2.45) is 5.73 Å². The number of hydrogen-bond acceptors (Lipinski definition) is 4. The van der Waals surface area contributed by atoms with Crippen molar-refractivity contribution >= 4 is 16.7 Å². The molecule has 0 amide bonds. The summed E-state index contributed by atoms with van der Waals surface area (Å²) in [4.78, 5) is 6.60. The average molecular weight is 270 g/mol. The summed E-state index contributed by atoms with van der Waals surface area (Å²) in [5.41, 5.74) is 7.78. The molecule has 5 nitrogen and oxygen atoms in total. The maximum absolute atomic E-state index is 7.48. The summed E-state index contributed by atoms with van der Waals surface area (Å²) < 4.78 is 5.48. The molecule has 1 saturated heterocycles. The summed E-state index contributed by atoms with van der Waals surface area (Å²) in [6, 6.07) is 10.3. The van der Waals surface area contributed by atoms with Gasteiger partial charge in [-0.15, -0.1) is 0 Å². The lowest BCUT2D eigenvalue weighted by Gasteiger charge is -2.32. The van der Waals surface area contributed by atoms with Gasteiger partial charge in [0.2, 0.25) is 0 Å². The highest BCUT2D eigenvalue weighted by molar-refractivity contribution is 5.82. The smallest absolute Gasteiger partial charge is 0.127 e. The number of ether oxygens (including phenoxy) is 1. The van der Waals surface area contributed by atoms with Crippen LogP contribution in [0.15, 0.2) is 36.5 Å². The molecule has 2 heterocycles. The minimum Gasteiger partial charge on any atom is -0.385 e. The van der Waals surface area contributed by atoms with Crippen LogP contribution in [0.25, 0.3) is 10.9 Å². The second-order valence-corrected chi connectivity index (χ2v) is 5.08. The van der Waals surface area contributed by atoms with Crippen molar-refractivity contribution in [3.05, 3.63) is 42.1 Å². The van der Waals surface area contributed by atoms with E-state index in [4.69, 9.17) is 15.9 Å². The number of nitrogens with one attached hydrogen (secondary N) is 1. The topological polar surface area (TPSA) is 75.2 Å². The molecule has 3 rings (SSSR count). The lowest BCUT2D eigenvalue weighted by Crippen LogP contribution is -2.47. The third-order valence-electron chi connectivity index (χ3n) is 3.57. The molecule has 1 aromatic carbocycles. The minimum absolute atomic E-state index is 0.109. The highest BCUT2D eigenvalue weighted by Gasteiger charge is 2.22. The van der Waals surface area contributed by atoms with Gasteiger partial charge in [-0.2, -0.15) is 0 Å². The lowest BCUT2D eigenvalue weighted by molar-refractivity contribution is 0.00237. The predicted octanol–water partition coefficient (Wildman–Crippen LogP) is 1.37. The van der Waals surface area contributed by atoms with E-state index in [1.54, 1.807) is 6.20 Å². The van der Waals surface area contributed by atoms with Gasteiger partial charge >= 0.3 is 0 Å². The summed E-state index contributed by atoms with van der Waals surface area (Å²) in [5, 5.41) is 8.64. The summed E-state index contributed by atoms with van der Waals surface area (Å²) in [6.45, 7) is 3.02. The Bertz CT molecular complexity index is 628. The molecular formula is C15H18N4O. The first-order valence-corrected chi connectivity index (χ1v) is 6.74. The fraction of sp³-hybridized carbons (Fsp3) is 0.333. The molecule has 104 valence electrons. The molecule has 0 radical (unpaired) electrons. The Labute approximate surface area is 117 Å². The number of pyridine rings is 1. The molecule has 0 aliphatic carbocycles. The molecular weight excluding hydrogens is 252 g/mol. The molecule has 0 spiro atoms. The van der Waals surface area contributed by atoms with Crippen LogP contribution in [0.5, 0.6) is 0 Å². The van der Waals surface area contributed by atoms with E-state index in [2.05, 4.69) is 28.1 Å². The zero-order chi connectivity index (χ0) is 13.9. The van der Waals surface area contributed by atoms with E-state index in [1.807, 2.05) is 12.1 Å². The number of amidine groups is 1. The van der Waals surface area contributed by atoms with Gasteiger partial charge in [-0.1, -0.05) is 12.1 Å². The van der Waals surface area contributed by atoms with Gasteiger partial charge in [-0.25, -0.2) is 0 Å². The van der Waals surface area contributed by atoms with Gasteiger partial charge < -0.3 is 10.5 Å². The summed E-state index contributed by atoms with van der Waals surface area (Å²) in [5.74, 6) is 0.109. The van der Waals surface area contributed by atoms with Crippen LogP contribution in [-0.4, -0.2) is 41.5 Å². The molecule has 1 aromatic heterocycles. The average Bonchev–Trinajstić information content (AvgIpc) is 2.47. The van der Waals surface area contributed by atoms with Crippen LogP contribution in [0.2, 0.25) is 0 Å². The van der Waals surface area contributed by atoms with E-state index in [-0.39, 0.29) is 11.9 Å². The van der Waals surface area contributed by atoms with Crippen LogP contribution in [0.1, 0.15) is 5.56 Å². The number of morpholine rings is 1. The first-order valence-electron chi connectivity index (χ1n) is 6.74. The van der Waals surface area contributed by atoms with Crippen molar-refractivity contribution in [3.8, 4) is 0 Å². The Balaban J connectivity index is 1.74. The number of benzene rings is 1. The van der Waals surface area contributed by atoms with Crippen molar-refractivity contribution in [3.63, 3.8) is 0 Å². The highest BCUT2D eigenvalue weighted by Crippen LogP contribution is 2.16. The number of hydrogen-bond donors (Lipinski definition) is 2. The first kappa shape index (κ1) is 13.0. The van der Waals surface area contributed by atoms with Crippen LogP contribution in [0.4, 0.5) is 0 Å². The van der Waals surface area contributed by atoms with Crippen molar-refractivity contribution < 1.29 is 4.74 Å². The number of rotatable bonds is 3. The van der Waals surface area contributed by atoms with Gasteiger partial charge in [0.05, 0.1) is 12.1 Å². The van der Waals surface area contributed by atoms with Gasteiger partial charge in [0.25, 0.3) is 0 Å². The van der Waals surface area contributed by atoms with E-state index < -0.39 is 0 Å². The number of nitrogens with zero attached hydrogens (tertiary/aromatic N) is 2. The minimum atomic E-state index is -0.272. The SMILES string of the molecule is N=C(N)C1CN(Cc2ccc3ncccc3c2)CCO1. The Morgan fingerprint density at radius 3 is 3.20 bits per heavy atom. The molecule has 20 heavy (non-hydrogen) atoms. The van der Waals surface area contributed by atoms with Crippen LogP contribution in [0, 0.1) is 5.41 Å². The van der Waals surface area contributed by atoms with Crippen molar-refractivity contribution in [2.75, 3.05) is 19.7 Å². The molecule has 1 aliphatic heterocycles. The standard InChI is InChI=1S/C15H18N4O/c16-15(17)14-10-19(6-7-20-14)9-11-3-4-13-12(8-11)2-1-5-18-13/h1-5,8,14H,6-7,9-10H2,(H3,16,17). The second-order valence-electron chi connectivity index (χ2n) is 5.08. The van der Waals surface area contributed by atoms with E-state index in [0.29, 0.717) is 13.2 Å². The van der Waals surface area contributed by atoms with E-state index in [1.165, 1.54) is 5.56 Å². The third kappa shape index (κ3) is 2.79. The monoisotopic (exact) mass is 270 g/mol. The van der Waals surface area contributed by atoms with Gasteiger partial charge in [-0.05, 0) is 23.8 Å². The van der Waals surface area contributed by atoms with Crippen LogP contribution < -0.4 is 5.73 Å². The molecule has 1 aliphatic rings. The Morgan fingerprint density at radius 1 is 1.45 bits per heavy atom. The maximum Gasteiger partial charge on any atom is 0.127 e. The summed E-state index contributed by atoms with van der Waals surface area (Å²) in [7, 11) is 0. The second kappa shape index (κ2) is 5.56. The van der Waals surface area contributed by atoms with E-state index in [0.717, 1.165) is 24.0 Å². The van der Waals surface area contributed by atoms with Gasteiger partial charge in [0.1, 0.15) is 11.9 Å². The molecule has 2 aromatic rings. The fourth-order valence-corrected chi connectivity index (χ4v) is 2.52. The number of nitrogens with two attached hydrogens (primary N) is 1.